The van der Waals surface area contributed by atoms with Gasteiger partial charge in [0.05, 0.1) is 18.6 Å². The molecule has 0 aromatic carbocycles. The van der Waals surface area contributed by atoms with Gasteiger partial charge in [0.25, 0.3) is 0 Å². The average Bonchev–Trinajstić information content (AvgIpc) is 2.98. The maximum atomic E-state index is 12.2. The Hall–Kier alpha value is -1.10. The summed E-state index contributed by atoms with van der Waals surface area (Å²) in [6, 6.07) is 0. The fourth-order valence-corrected chi connectivity index (χ4v) is 2.97. The zero-order chi connectivity index (χ0) is 14.4. The minimum atomic E-state index is -0.163. The van der Waals surface area contributed by atoms with Crippen LogP contribution < -0.4 is 0 Å². The fourth-order valence-electron chi connectivity index (χ4n) is 2.97. The highest BCUT2D eigenvalue weighted by atomic mass is 16.5. The van der Waals surface area contributed by atoms with Gasteiger partial charge in [-0.2, -0.15) is 0 Å². The molecular weight excluding hydrogens is 258 g/mol. The molecule has 0 spiro atoms. The number of piperidine rings is 1. The molecule has 0 aliphatic carbocycles. The van der Waals surface area contributed by atoms with Crippen LogP contribution in [0, 0.1) is 5.92 Å². The van der Waals surface area contributed by atoms with E-state index in [0.717, 1.165) is 45.3 Å². The van der Waals surface area contributed by atoms with Crippen LogP contribution >= 0.6 is 0 Å². The number of carbonyl (C=O) groups is 2. The molecule has 2 atom stereocenters. The van der Waals surface area contributed by atoms with E-state index in [1.54, 1.807) is 0 Å². The standard InChI is InChI=1S/C15H25NO4/c1-2-19-15(18)12-5-3-9-16(11-12)14(17)8-7-13-6-4-10-20-13/h12-13H,2-11H2,1H3. The smallest absolute Gasteiger partial charge is 0.310 e. The summed E-state index contributed by atoms with van der Waals surface area (Å²) in [5.41, 5.74) is 0. The van der Waals surface area contributed by atoms with E-state index in [2.05, 4.69) is 0 Å². The normalized spacial score (nSPS) is 26.6. The number of hydrogen-bond acceptors (Lipinski definition) is 4. The molecule has 5 heteroatoms. The van der Waals surface area contributed by atoms with Gasteiger partial charge >= 0.3 is 5.97 Å². The van der Waals surface area contributed by atoms with Crippen molar-refractivity contribution in [2.75, 3.05) is 26.3 Å². The van der Waals surface area contributed by atoms with Crippen molar-refractivity contribution >= 4 is 11.9 Å². The lowest BCUT2D eigenvalue weighted by atomic mass is 9.97. The summed E-state index contributed by atoms with van der Waals surface area (Å²) in [7, 11) is 0. The fraction of sp³-hybridized carbons (Fsp3) is 0.867. The van der Waals surface area contributed by atoms with Crippen LogP contribution in [0.25, 0.3) is 0 Å². The van der Waals surface area contributed by atoms with Gasteiger partial charge in [-0.25, -0.2) is 0 Å². The molecule has 0 aromatic heterocycles. The lowest BCUT2D eigenvalue weighted by Gasteiger charge is -2.31. The molecule has 5 nitrogen and oxygen atoms in total. The van der Waals surface area contributed by atoms with Gasteiger partial charge in [-0.1, -0.05) is 0 Å². The molecule has 0 radical (unpaired) electrons. The summed E-state index contributed by atoms with van der Waals surface area (Å²) in [6.07, 6.45) is 5.47. The molecule has 2 aliphatic rings. The first-order valence-electron chi connectivity index (χ1n) is 7.76. The highest BCUT2D eigenvalue weighted by Gasteiger charge is 2.29. The first-order valence-corrected chi connectivity index (χ1v) is 7.76. The van der Waals surface area contributed by atoms with Crippen LogP contribution in [0.2, 0.25) is 0 Å². The highest BCUT2D eigenvalue weighted by Crippen LogP contribution is 2.21. The van der Waals surface area contributed by atoms with Gasteiger partial charge in [0.2, 0.25) is 5.91 Å². The second-order valence-electron chi connectivity index (χ2n) is 5.60. The molecular formula is C15H25NO4. The average molecular weight is 283 g/mol. The molecule has 2 unspecified atom stereocenters. The van der Waals surface area contributed by atoms with Crippen molar-refractivity contribution in [3.63, 3.8) is 0 Å². The van der Waals surface area contributed by atoms with Crippen LogP contribution in [-0.2, 0) is 19.1 Å². The van der Waals surface area contributed by atoms with E-state index < -0.39 is 0 Å². The van der Waals surface area contributed by atoms with Gasteiger partial charge in [0, 0.05) is 26.1 Å². The number of amides is 1. The summed E-state index contributed by atoms with van der Waals surface area (Å²) < 4.78 is 10.6. The molecule has 2 saturated heterocycles. The molecule has 114 valence electrons. The van der Waals surface area contributed by atoms with Gasteiger partial charge < -0.3 is 14.4 Å². The Bertz CT molecular complexity index is 339. The zero-order valence-corrected chi connectivity index (χ0v) is 12.3. The van der Waals surface area contributed by atoms with Crippen LogP contribution in [0.3, 0.4) is 0 Å². The number of rotatable bonds is 5. The molecule has 0 saturated carbocycles. The quantitative estimate of drug-likeness (QED) is 0.721. The van der Waals surface area contributed by atoms with Crippen LogP contribution in [0.1, 0.15) is 45.4 Å². The highest BCUT2D eigenvalue weighted by molar-refractivity contribution is 5.78. The van der Waals surface area contributed by atoms with Gasteiger partial charge in [0.15, 0.2) is 0 Å². The monoisotopic (exact) mass is 283 g/mol. The van der Waals surface area contributed by atoms with E-state index in [4.69, 9.17) is 9.47 Å². The first kappa shape index (κ1) is 15.3. The van der Waals surface area contributed by atoms with Gasteiger partial charge in [-0.15, -0.1) is 0 Å². The third kappa shape index (κ3) is 4.20. The summed E-state index contributed by atoms with van der Waals surface area (Å²) in [4.78, 5) is 25.8. The second kappa shape index (κ2) is 7.62. The van der Waals surface area contributed by atoms with E-state index in [1.807, 2.05) is 11.8 Å². The van der Waals surface area contributed by atoms with Crippen LogP contribution in [-0.4, -0.2) is 49.2 Å². The Balaban J connectivity index is 1.75. The van der Waals surface area contributed by atoms with E-state index in [0.29, 0.717) is 19.6 Å². The third-order valence-electron chi connectivity index (χ3n) is 4.10. The maximum absolute atomic E-state index is 12.2. The third-order valence-corrected chi connectivity index (χ3v) is 4.10. The molecule has 1 amide bonds. The second-order valence-corrected chi connectivity index (χ2v) is 5.60. The molecule has 0 aromatic rings. The Labute approximate surface area is 120 Å². The van der Waals surface area contributed by atoms with Gasteiger partial charge in [0.1, 0.15) is 0 Å². The molecule has 2 rings (SSSR count). The summed E-state index contributed by atoms with van der Waals surface area (Å²) in [5.74, 6) is -0.158. The van der Waals surface area contributed by atoms with E-state index in [9.17, 15) is 9.59 Å². The number of hydrogen-bond donors (Lipinski definition) is 0. The van der Waals surface area contributed by atoms with Crippen molar-refractivity contribution in [1.29, 1.82) is 0 Å². The SMILES string of the molecule is CCOC(=O)C1CCCN(C(=O)CCC2CCCO2)C1. The molecule has 2 heterocycles. The van der Waals surface area contributed by atoms with Gasteiger partial charge in [-0.3, -0.25) is 9.59 Å². The topological polar surface area (TPSA) is 55.8 Å². The van der Waals surface area contributed by atoms with Crippen LogP contribution in [0.4, 0.5) is 0 Å². The van der Waals surface area contributed by atoms with Crippen LogP contribution in [0.5, 0.6) is 0 Å². The Kier molecular flexibility index (Phi) is 5.83. The number of esters is 1. The molecule has 2 aliphatic heterocycles. The van der Waals surface area contributed by atoms with Crippen molar-refractivity contribution < 1.29 is 19.1 Å². The largest absolute Gasteiger partial charge is 0.466 e. The van der Waals surface area contributed by atoms with Crippen LogP contribution in [0.15, 0.2) is 0 Å². The van der Waals surface area contributed by atoms with Crippen molar-refractivity contribution in [2.45, 2.75) is 51.6 Å². The van der Waals surface area contributed by atoms with E-state index >= 15 is 0 Å². The number of likely N-dealkylation sites (tertiary alicyclic amines) is 1. The number of nitrogens with zero attached hydrogens (tertiary/aromatic N) is 1. The predicted molar refractivity (Wildman–Crippen MR) is 74.1 cm³/mol. The van der Waals surface area contributed by atoms with Crippen molar-refractivity contribution in [1.82, 2.24) is 4.90 Å². The summed E-state index contributed by atoms with van der Waals surface area (Å²) in [6.45, 7) is 4.32. The summed E-state index contributed by atoms with van der Waals surface area (Å²) in [5, 5.41) is 0. The predicted octanol–water partition coefficient (Wildman–Crippen LogP) is 1.75. The zero-order valence-electron chi connectivity index (χ0n) is 12.3. The Morgan fingerprint density at radius 1 is 1.30 bits per heavy atom. The Morgan fingerprint density at radius 2 is 2.15 bits per heavy atom. The lowest BCUT2D eigenvalue weighted by molar-refractivity contribution is -0.151. The number of ether oxygens (including phenoxy) is 2. The maximum Gasteiger partial charge on any atom is 0.310 e. The lowest BCUT2D eigenvalue weighted by Crippen LogP contribution is -2.43. The number of carbonyl (C=O) groups excluding carboxylic acids is 2. The minimum absolute atomic E-state index is 0.143. The molecule has 20 heavy (non-hydrogen) atoms. The van der Waals surface area contributed by atoms with E-state index in [-0.39, 0.29) is 23.9 Å². The van der Waals surface area contributed by atoms with Crippen molar-refractivity contribution in [3.05, 3.63) is 0 Å². The van der Waals surface area contributed by atoms with E-state index in [1.165, 1.54) is 0 Å². The minimum Gasteiger partial charge on any atom is -0.466 e. The van der Waals surface area contributed by atoms with Crippen molar-refractivity contribution in [2.24, 2.45) is 5.92 Å². The molecule has 0 bridgehead atoms. The molecule has 0 N–H and O–H groups in total. The first-order chi connectivity index (χ1) is 9.70. The summed E-state index contributed by atoms with van der Waals surface area (Å²) >= 11 is 0. The Morgan fingerprint density at radius 3 is 2.85 bits per heavy atom. The van der Waals surface area contributed by atoms with Gasteiger partial charge in [-0.05, 0) is 39.0 Å². The molecule has 2 fully saturated rings. The van der Waals surface area contributed by atoms with Crippen molar-refractivity contribution in [3.8, 4) is 0 Å².